The fraction of sp³-hybridized carbons (Fsp3) is 0.304. The van der Waals surface area contributed by atoms with Crippen LogP contribution in [-0.2, 0) is 11.3 Å². The van der Waals surface area contributed by atoms with Crippen LogP contribution in [0.15, 0.2) is 47.6 Å². The molecule has 0 unspecified atom stereocenters. The molecule has 0 radical (unpaired) electrons. The number of benzene rings is 2. The second-order valence-corrected chi connectivity index (χ2v) is 8.71. The molecule has 3 aromatic rings. The van der Waals surface area contributed by atoms with Gasteiger partial charge in [-0.15, -0.1) is 10.2 Å². The number of carbonyl (C=O) groups excluding carboxylic acids is 2. The van der Waals surface area contributed by atoms with E-state index < -0.39 is 0 Å². The summed E-state index contributed by atoms with van der Waals surface area (Å²) < 4.78 is 7.15. The number of carbonyl (C=O) groups is 2. The van der Waals surface area contributed by atoms with Gasteiger partial charge in [0.15, 0.2) is 11.0 Å². The van der Waals surface area contributed by atoms with Gasteiger partial charge in [-0.05, 0) is 51.1 Å². The number of rotatable bonds is 9. The van der Waals surface area contributed by atoms with Crippen LogP contribution in [-0.4, -0.2) is 39.4 Å². The molecule has 2 N–H and O–H groups in total. The SMILES string of the molecule is CCn1c(SCC(=O)Nc2cc(Cl)ccc2OC)nnc1[C@H](C)NC(=O)c1cccc(C)c1. The van der Waals surface area contributed by atoms with Gasteiger partial charge in [0.05, 0.1) is 24.6 Å². The van der Waals surface area contributed by atoms with Gasteiger partial charge in [-0.25, -0.2) is 0 Å². The van der Waals surface area contributed by atoms with Crippen LogP contribution in [0.4, 0.5) is 5.69 Å². The monoisotopic (exact) mass is 487 g/mol. The van der Waals surface area contributed by atoms with Gasteiger partial charge in [0, 0.05) is 17.1 Å². The molecule has 0 saturated carbocycles. The number of amides is 2. The van der Waals surface area contributed by atoms with E-state index >= 15 is 0 Å². The summed E-state index contributed by atoms with van der Waals surface area (Å²) >= 11 is 7.28. The molecule has 1 atom stereocenters. The first-order valence-corrected chi connectivity index (χ1v) is 11.8. The highest BCUT2D eigenvalue weighted by atomic mass is 35.5. The Kier molecular flexibility index (Phi) is 8.35. The minimum atomic E-state index is -0.357. The van der Waals surface area contributed by atoms with Crippen LogP contribution in [0.5, 0.6) is 5.75 Å². The van der Waals surface area contributed by atoms with Gasteiger partial charge < -0.3 is 19.9 Å². The van der Waals surface area contributed by atoms with Gasteiger partial charge in [-0.2, -0.15) is 0 Å². The maximum atomic E-state index is 12.6. The number of ether oxygens (including phenoxy) is 1. The number of aromatic nitrogens is 3. The minimum absolute atomic E-state index is 0.123. The highest BCUT2D eigenvalue weighted by Gasteiger charge is 2.20. The zero-order valence-electron chi connectivity index (χ0n) is 18.9. The Balaban J connectivity index is 1.65. The zero-order chi connectivity index (χ0) is 24.0. The van der Waals surface area contributed by atoms with Crippen molar-refractivity contribution in [2.45, 2.75) is 38.5 Å². The summed E-state index contributed by atoms with van der Waals surface area (Å²) in [5.41, 5.74) is 2.10. The Bertz CT molecular complexity index is 1150. The molecular formula is C23H26ClN5O3S. The summed E-state index contributed by atoms with van der Waals surface area (Å²) in [7, 11) is 1.53. The van der Waals surface area contributed by atoms with Crippen molar-refractivity contribution in [1.29, 1.82) is 0 Å². The molecule has 0 aliphatic heterocycles. The van der Waals surface area contributed by atoms with E-state index in [0.29, 0.717) is 39.5 Å². The smallest absolute Gasteiger partial charge is 0.251 e. The molecule has 0 saturated heterocycles. The van der Waals surface area contributed by atoms with E-state index in [4.69, 9.17) is 16.3 Å². The van der Waals surface area contributed by atoms with Crippen molar-refractivity contribution in [3.05, 3.63) is 64.4 Å². The Morgan fingerprint density at radius 3 is 2.70 bits per heavy atom. The highest BCUT2D eigenvalue weighted by Crippen LogP contribution is 2.28. The lowest BCUT2D eigenvalue weighted by atomic mass is 10.1. The molecular weight excluding hydrogens is 462 g/mol. The first-order chi connectivity index (χ1) is 15.8. The second-order valence-electron chi connectivity index (χ2n) is 7.33. The lowest BCUT2D eigenvalue weighted by molar-refractivity contribution is -0.113. The zero-order valence-corrected chi connectivity index (χ0v) is 20.5. The Morgan fingerprint density at radius 1 is 1.21 bits per heavy atom. The summed E-state index contributed by atoms with van der Waals surface area (Å²) in [5, 5.41) is 15.3. The average Bonchev–Trinajstić information content (AvgIpc) is 3.21. The summed E-state index contributed by atoms with van der Waals surface area (Å²) in [4.78, 5) is 25.1. The first-order valence-electron chi connectivity index (χ1n) is 10.4. The number of hydrogen-bond donors (Lipinski definition) is 2. The number of halogens is 1. The van der Waals surface area contributed by atoms with Gasteiger partial charge in [0.1, 0.15) is 5.75 Å². The van der Waals surface area contributed by atoms with Gasteiger partial charge in [-0.1, -0.05) is 41.1 Å². The van der Waals surface area contributed by atoms with Crippen LogP contribution < -0.4 is 15.4 Å². The third-order valence-electron chi connectivity index (χ3n) is 4.84. The standard InChI is InChI=1S/C23H26ClN5O3S/c1-5-29-21(15(3)25-22(31)16-8-6-7-14(2)11-16)27-28-23(29)33-13-20(30)26-18-12-17(24)9-10-19(18)32-4/h6-12,15H,5,13H2,1-4H3,(H,25,31)(H,26,30)/t15-/m0/s1. The van der Waals surface area contributed by atoms with Crippen LogP contribution >= 0.6 is 23.4 Å². The van der Waals surface area contributed by atoms with E-state index in [1.807, 2.05) is 43.5 Å². The van der Waals surface area contributed by atoms with E-state index in [-0.39, 0.29) is 23.6 Å². The van der Waals surface area contributed by atoms with E-state index in [1.54, 1.807) is 24.3 Å². The molecule has 0 bridgehead atoms. The van der Waals surface area contributed by atoms with Crippen molar-refractivity contribution in [1.82, 2.24) is 20.1 Å². The molecule has 2 amide bonds. The number of nitrogens with one attached hydrogen (secondary N) is 2. The van der Waals surface area contributed by atoms with E-state index in [9.17, 15) is 9.59 Å². The molecule has 8 nitrogen and oxygen atoms in total. The molecule has 33 heavy (non-hydrogen) atoms. The topological polar surface area (TPSA) is 98.1 Å². The molecule has 174 valence electrons. The lowest BCUT2D eigenvalue weighted by Gasteiger charge is -2.15. The van der Waals surface area contributed by atoms with Crippen LogP contribution in [0.25, 0.3) is 0 Å². The van der Waals surface area contributed by atoms with Crippen LogP contribution in [0, 0.1) is 6.92 Å². The average molecular weight is 488 g/mol. The molecule has 0 aliphatic carbocycles. The van der Waals surface area contributed by atoms with E-state index in [2.05, 4.69) is 20.8 Å². The molecule has 0 spiro atoms. The Labute approximate surface area is 202 Å². The lowest BCUT2D eigenvalue weighted by Crippen LogP contribution is -2.28. The third-order valence-corrected chi connectivity index (χ3v) is 6.05. The van der Waals surface area contributed by atoms with Crippen molar-refractivity contribution >= 4 is 40.9 Å². The quantitative estimate of drug-likeness (QED) is 0.431. The molecule has 3 rings (SSSR count). The van der Waals surface area contributed by atoms with Crippen LogP contribution in [0.2, 0.25) is 5.02 Å². The molecule has 2 aromatic carbocycles. The maximum Gasteiger partial charge on any atom is 0.251 e. The Hall–Kier alpha value is -3.04. The van der Waals surface area contributed by atoms with E-state index in [0.717, 1.165) is 5.56 Å². The van der Waals surface area contributed by atoms with Crippen LogP contribution in [0.3, 0.4) is 0 Å². The maximum absolute atomic E-state index is 12.6. The second kappa shape index (κ2) is 11.2. The van der Waals surface area contributed by atoms with E-state index in [1.165, 1.54) is 18.9 Å². The fourth-order valence-corrected chi connectivity index (χ4v) is 4.23. The molecule has 0 aliphatic rings. The van der Waals surface area contributed by atoms with Gasteiger partial charge in [0.25, 0.3) is 5.91 Å². The summed E-state index contributed by atoms with van der Waals surface area (Å²) in [6, 6.07) is 12.1. The number of thioether (sulfide) groups is 1. The van der Waals surface area contributed by atoms with Gasteiger partial charge in [0.2, 0.25) is 5.91 Å². The molecule has 1 heterocycles. The van der Waals surface area contributed by atoms with Crippen molar-refractivity contribution in [2.75, 3.05) is 18.2 Å². The van der Waals surface area contributed by atoms with Crippen LogP contribution in [0.1, 0.15) is 41.6 Å². The molecule has 10 heteroatoms. The summed E-state index contributed by atoms with van der Waals surface area (Å²) in [6.07, 6.45) is 0. The summed E-state index contributed by atoms with van der Waals surface area (Å²) in [6.45, 7) is 6.36. The van der Waals surface area contributed by atoms with Crippen molar-refractivity contribution in [2.24, 2.45) is 0 Å². The van der Waals surface area contributed by atoms with Gasteiger partial charge >= 0.3 is 0 Å². The third kappa shape index (κ3) is 6.27. The summed E-state index contributed by atoms with van der Waals surface area (Å²) in [5.74, 6) is 0.861. The normalized spacial score (nSPS) is 11.7. The Morgan fingerprint density at radius 2 is 2.00 bits per heavy atom. The molecule has 0 fully saturated rings. The fourth-order valence-electron chi connectivity index (χ4n) is 3.25. The first kappa shape index (κ1) is 24.6. The number of methoxy groups -OCH3 is 1. The number of nitrogens with zero attached hydrogens (tertiary/aromatic N) is 3. The van der Waals surface area contributed by atoms with Crippen molar-refractivity contribution < 1.29 is 14.3 Å². The number of aryl methyl sites for hydroxylation is 1. The highest BCUT2D eigenvalue weighted by molar-refractivity contribution is 7.99. The van der Waals surface area contributed by atoms with Crippen molar-refractivity contribution in [3.63, 3.8) is 0 Å². The largest absolute Gasteiger partial charge is 0.495 e. The minimum Gasteiger partial charge on any atom is -0.495 e. The predicted octanol–water partition coefficient (Wildman–Crippen LogP) is 4.49. The molecule has 1 aromatic heterocycles. The predicted molar refractivity (Wildman–Crippen MR) is 130 cm³/mol. The number of anilines is 1. The number of hydrogen-bond acceptors (Lipinski definition) is 6. The van der Waals surface area contributed by atoms with Gasteiger partial charge in [-0.3, -0.25) is 9.59 Å². The van der Waals surface area contributed by atoms with Crippen molar-refractivity contribution in [3.8, 4) is 5.75 Å².